The number of nitrogens with one attached hydrogen (secondary N) is 1. The number of anilines is 2. The number of aromatic nitrogens is 2. The first-order valence-corrected chi connectivity index (χ1v) is 7.76. The Bertz CT molecular complexity index is 393. The summed E-state index contributed by atoms with van der Waals surface area (Å²) in [5.74, 6) is 1.90. The Labute approximate surface area is 115 Å². The maximum absolute atomic E-state index is 4.68. The normalized spacial score (nSPS) is 21.4. The highest BCUT2D eigenvalue weighted by Crippen LogP contribution is 2.22. The van der Waals surface area contributed by atoms with E-state index in [1.54, 1.807) is 0 Å². The second-order valence-corrected chi connectivity index (χ2v) is 5.77. The second-order valence-electron chi connectivity index (χ2n) is 5.77. The summed E-state index contributed by atoms with van der Waals surface area (Å²) in [6.07, 6.45) is 12.5. The molecule has 1 saturated heterocycles. The predicted octanol–water partition coefficient (Wildman–Crippen LogP) is 3.21. The summed E-state index contributed by atoms with van der Waals surface area (Å²) in [5.41, 5.74) is 0. The van der Waals surface area contributed by atoms with Crippen molar-refractivity contribution in [3.05, 3.63) is 12.3 Å². The SMILES string of the molecule is c1cc(NC2CCCCCC2)nc(N2CCCC2)n1. The van der Waals surface area contributed by atoms with Gasteiger partial charge in [0.15, 0.2) is 0 Å². The molecule has 1 N–H and O–H groups in total. The maximum Gasteiger partial charge on any atom is 0.227 e. The minimum Gasteiger partial charge on any atom is -0.367 e. The quantitative estimate of drug-likeness (QED) is 0.847. The predicted molar refractivity (Wildman–Crippen MR) is 78.6 cm³/mol. The molecule has 19 heavy (non-hydrogen) atoms. The van der Waals surface area contributed by atoms with E-state index in [0.29, 0.717) is 6.04 Å². The van der Waals surface area contributed by atoms with Crippen molar-refractivity contribution in [2.75, 3.05) is 23.3 Å². The minimum absolute atomic E-state index is 0.601. The Morgan fingerprint density at radius 3 is 2.47 bits per heavy atom. The smallest absolute Gasteiger partial charge is 0.227 e. The molecule has 1 aromatic rings. The van der Waals surface area contributed by atoms with Crippen LogP contribution in [-0.2, 0) is 0 Å². The molecule has 0 amide bonds. The van der Waals surface area contributed by atoms with Crippen LogP contribution in [0.25, 0.3) is 0 Å². The van der Waals surface area contributed by atoms with Gasteiger partial charge in [0.05, 0.1) is 0 Å². The van der Waals surface area contributed by atoms with Crippen LogP contribution in [0, 0.1) is 0 Å². The van der Waals surface area contributed by atoms with E-state index in [2.05, 4.69) is 20.2 Å². The van der Waals surface area contributed by atoms with E-state index in [1.165, 1.54) is 51.4 Å². The van der Waals surface area contributed by atoms with Crippen LogP contribution < -0.4 is 10.2 Å². The Morgan fingerprint density at radius 1 is 1.00 bits per heavy atom. The Kier molecular flexibility index (Phi) is 4.16. The van der Waals surface area contributed by atoms with Crippen LogP contribution in [0.5, 0.6) is 0 Å². The third-order valence-electron chi connectivity index (χ3n) is 4.24. The summed E-state index contributed by atoms with van der Waals surface area (Å²) in [5, 5.41) is 3.61. The molecule has 0 bridgehead atoms. The minimum atomic E-state index is 0.601. The van der Waals surface area contributed by atoms with Gasteiger partial charge in [-0.3, -0.25) is 0 Å². The van der Waals surface area contributed by atoms with Crippen LogP contribution in [0.4, 0.5) is 11.8 Å². The topological polar surface area (TPSA) is 41.1 Å². The van der Waals surface area contributed by atoms with Gasteiger partial charge in [0.2, 0.25) is 5.95 Å². The molecular formula is C15H24N4. The van der Waals surface area contributed by atoms with Crippen LogP contribution >= 0.6 is 0 Å². The van der Waals surface area contributed by atoms with Gasteiger partial charge < -0.3 is 10.2 Å². The molecule has 2 aliphatic rings. The largest absolute Gasteiger partial charge is 0.367 e. The fourth-order valence-corrected chi connectivity index (χ4v) is 3.13. The zero-order valence-corrected chi connectivity index (χ0v) is 11.6. The van der Waals surface area contributed by atoms with E-state index in [4.69, 9.17) is 0 Å². The molecule has 4 nitrogen and oxygen atoms in total. The van der Waals surface area contributed by atoms with Crippen LogP contribution in [0.15, 0.2) is 12.3 Å². The number of hydrogen-bond acceptors (Lipinski definition) is 4. The summed E-state index contributed by atoms with van der Waals surface area (Å²) in [6.45, 7) is 2.21. The lowest BCUT2D eigenvalue weighted by molar-refractivity contribution is 0.617. The van der Waals surface area contributed by atoms with Crippen LogP contribution in [0.1, 0.15) is 51.4 Å². The van der Waals surface area contributed by atoms with E-state index >= 15 is 0 Å². The van der Waals surface area contributed by atoms with Crippen molar-refractivity contribution in [1.82, 2.24) is 9.97 Å². The highest BCUT2D eigenvalue weighted by atomic mass is 15.3. The molecule has 2 heterocycles. The molecule has 1 aromatic heterocycles. The van der Waals surface area contributed by atoms with E-state index in [1.807, 2.05) is 12.3 Å². The summed E-state index contributed by atoms with van der Waals surface area (Å²) < 4.78 is 0. The zero-order chi connectivity index (χ0) is 12.9. The van der Waals surface area contributed by atoms with Crippen molar-refractivity contribution in [3.63, 3.8) is 0 Å². The van der Waals surface area contributed by atoms with Gasteiger partial charge in [-0.05, 0) is 31.7 Å². The molecule has 4 heteroatoms. The molecule has 2 fully saturated rings. The van der Waals surface area contributed by atoms with Crippen molar-refractivity contribution in [1.29, 1.82) is 0 Å². The van der Waals surface area contributed by atoms with Crippen molar-refractivity contribution in [3.8, 4) is 0 Å². The summed E-state index contributed by atoms with van der Waals surface area (Å²) >= 11 is 0. The van der Waals surface area contributed by atoms with E-state index in [0.717, 1.165) is 24.9 Å². The van der Waals surface area contributed by atoms with Gasteiger partial charge in [-0.25, -0.2) is 4.98 Å². The Morgan fingerprint density at radius 2 is 1.74 bits per heavy atom. The third-order valence-corrected chi connectivity index (χ3v) is 4.24. The second kappa shape index (κ2) is 6.22. The van der Waals surface area contributed by atoms with E-state index < -0.39 is 0 Å². The molecular weight excluding hydrogens is 236 g/mol. The molecule has 1 aliphatic carbocycles. The van der Waals surface area contributed by atoms with Crippen molar-refractivity contribution >= 4 is 11.8 Å². The number of hydrogen-bond donors (Lipinski definition) is 1. The lowest BCUT2D eigenvalue weighted by Gasteiger charge is -2.19. The molecule has 104 valence electrons. The van der Waals surface area contributed by atoms with Gasteiger partial charge in [0.1, 0.15) is 5.82 Å². The number of nitrogens with zero attached hydrogens (tertiary/aromatic N) is 3. The fourth-order valence-electron chi connectivity index (χ4n) is 3.13. The maximum atomic E-state index is 4.68. The molecule has 0 radical (unpaired) electrons. The first kappa shape index (κ1) is 12.7. The first-order valence-electron chi connectivity index (χ1n) is 7.76. The average Bonchev–Trinajstić information content (AvgIpc) is 2.86. The van der Waals surface area contributed by atoms with Crippen LogP contribution in [-0.4, -0.2) is 29.1 Å². The molecule has 0 unspecified atom stereocenters. The fraction of sp³-hybridized carbons (Fsp3) is 0.733. The lowest BCUT2D eigenvalue weighted by Crippen LogP contribution is -2.23. The monoisotopic (exact) mass is 260 g/mol. The average molecular weight is 260 g/mol. The van der Waals surface area contributed by atoms with Crippen LogP contribution in [0.2, 0.25) is 0 Å². The summed E-state index contributed by atoms with van der Waals surface area (Å²) in [7, 11) is 0. The Hall–Kier alpha value is -1.32. The number of rotatable bonds is 3. The Balaban J connectivity index is 1.64. The molecule has 3 rings (SSSR count). The van der Waals surface area contributed by atoms with Crippen molar-refractivity contribution < 1.29 is 0 Å². The zero-order valence-electron chi connectivity index (χ0n) is 11.6. The molecule has 1 saturated carbocycles. The highest BCUT2D eigenvalue weighted by Gasteiger charge is 2.16. The highest BCUT2D eigenvalue weighted by molar-refractivity contribution is 5.42. The van der Waals surface area contributed by atoms with Crippen molar-refractivity contribution in [2.24, 2.45) is 0 Å². The summed E-state index contributed by atoms with van der Waals surface area (Å²) in [4.78, 5) is 11.4. The van der Waals surface area contributed by atoms with Gasteiger partial charge in [-0.1, -0.05) is 25.7 Å². The lowest BCUT2D eigenvalue weighted by atomic mass is 10.1. The van der Waals surface area contributed by atoms with Gasteiger partial charge in [0.25, 0.3) is 0 Å². The van der Waals surface area contributed by atoms with Gasteiger partial charge in [-0.15, -0.1) is 0 Å². The van der Waals surface area contributed by atoms with Gasteiger partial charge in [-0.2, -0.15) is 4.98 Å². The van der Waals surface area contributed by atoms with E-state index in [9.17, 15) is 0 Å². The standard InChI is InChI=1S/C15H24N4/c1-2-4-8-13(7-3-1)17-14-9-10-16-15(18-14)19-11-5-6-12-19/h9-10,13H,1-8,11-12H2,(H,16,17,18). The van der Waals surface area contributed by atoms with Crippen LogP contribution in [0.3, 0.4) is 0 Å². The first-order chi connectivity index (χ1) is 9.42. The summed E-state index contributed by atoms with van der Waals surface area (Å²) in [6, 6.07) is 2.61. The molecule has 0 spiro atoms. The van der Waals surface area contributed by atoms with Crippen molar-refractivity contribution in [2.45, 2.75) is 57.4 Å². The molecule has 0 aromatic carbocycles. The molecule has 0 atom stereocenters. The van der Waals surface area contributed by atoms with Gasteiger partial charge >= 0.3 is 0 Å². The van der Waals surface area contributed by atoms with E-state index in [-0.39, 0.29) is 0 Å². The molecule has 1 aliphatic heterocycles. The van der Waals surface area contributed by atoms with Gasteiger partial charge in [0, 0.05) is 25.3 Å². The third kappa shape index (κ3) is 3.37.